The summed E-state index contributed by atoms with van der Waals surface area (Å²) < 4.78 is 0. The van der Waals surface area contributed by atoms with Crippen molar-refractivity contribution in [3.05, 3.63) is 12.2 Å². The van der Waals surface area contributed by atoms with Gasteiger partial charge in [0.2, 0.25) is 5.82 Å². The zero-order valence-electron chi connectivity index (χ0n) is 11.9. The van der Waals surface area contributed by atoms with Crippen molar-refractivity contribution in [3.8, 4) is 11.8 Å². The molecule has 1 saturated heterocycles. The van der Waals surface area contributed by atoms with Gasteiger partial charge in [0.25, 0.3) is 0 Å². The predicted molar refractivity (Wildman–Crippen MR) is 79.9 cm³/mol. The number of carboxylic acid groups (broad SMARTS) is 1. The molecule has 2 aromatic rings. The number of carbonyl (C=O) groups is 1. The standard InChI is InChI=1S/C14H16N6O2/c15-12-11-13(17-8-16-11)19-10(18-12)3-1-2-9-4-6-20(7-5-9)14(21)22/h8-9H,2,4-7H2,(H,21,22)(H3,15,16,17,18,19). The lowest BCUT2D eigenvalue weighted by molar-refractivity contribution is 0.125. The molecule has 22 heavy (non-hydrogen) atoms. The molecule has 0 saturated carbocycles. The first-order valence-corrected chi connectivity index (χ1v) is 7.07. The Morgan fingerprint density at radius 1 is 1.45 bits per heavy atom. The molecule has 8 nitrogen and oxygen atoms in total. The van der Waals surface area contributed by atoms with E-state index in [1.807, 2.05) is 0 Å². The molecule has 1 aliphatic rings. The molecule has 1 amide bonds. The van der Waals surface area contributed by atoms with Crippen LogP contribution in [-0.4, -0.2) is 49.1 Å². The smallest absolute Gasteiger partial charge is 0.407 e. The highest BCUT2D eigenvalue weighted by atomic mass is 16.4. The molecule has 1 fully saturated rings. The Hall–Kier alpha value is -2.82. The van der Waals surface area contributed by atoms with Crippen LogP contribution < -0.4 is 5.73 Å². The third-order valence-electron chi connectivity index (χ3n) is 3.79. The number of nitrogen functional groups attached to an aromatic ring is 1. The Labute approximate surface area is 126 Å². The molecule has 8 heteroatoms. The molecule has 0 unspecified atom stereocenters. The average Bonchev–Trinajstić information content (AvgIpc) is 2.97. The number of aromatic amines is 1. The van der Waals surface area contributed by atoms with Crippen molar-refractivity contribution in [2.75, 3.05) is 18.8 Å². The van der Waals surface area contributed by atoms with Crippen LogP contribution in [-0.2, 0) is 0 Å². The quantitative estimate of drug-likeness (QED) is 0.677. The van der Waals surface area contributed by atoms with Gasteiger partial charge in [-0.15, -0.1) is 0 Å². The minimum Gasteiger partial charge on any atom is -0.465 e. The Bertz CT molecular complexity index is 752. The van der Waals surface area contributed by atoms with Gasteiger partial charge in [-0.2, -0.15) is 4.98 Å². The number of nitrogens with zero attached hydrogens (tertiary/aromatic N) is 4. The number of hydrogen-bond acceptors (Lipinski definition) is 5. The molecule has 0 spiro atoms. The van der Waals surface area contributed by atoms with Gasteiger partial charge in [0.05, 0.1) is 6.33 Å². The zero-order chi connectivity index (χ0) is 15.5. The van der Waals surface area contributed by atoms with Gasteiger partial charge >= 0.3 is 6.09 Å². The Kier molecular flexibility index (Phi) is 3.78. The van der Waals surface area contributed by atoms with E-state index in [0.29, 0.717) is 48.2 Å². The first-order valence-electron chi connectivity index (χ1n) is 7.07. The summed E-state index contributed by atoms with van der Waals surface area (Å²) in [7, 11) is 0. The van der Waals surface area contributed by atoms with Crippen LogP contribution in [0.25, 0.3) is 11.2 Å². The summed E-state index contributed by atoms with van der Waals surface area (Å²) in [6, 6.07) is 0. The van der Waals surface area contributed by atoms with Gasteiger partial charge in [-0.05, 0) is 24.7 Å². The lowest BCUT2D eigenvalue weighted by Crippen LogP contribution is -2.37. The van der Waals surface area contributed by atoms with Crippen LogP contribution in [0.3, 0.4) is 0 Å². The van der Waals surface area contributed by atoms with Gasteiger partial charge in [0.15, 0.2) is 11.5 Å². The van der Waals surface area contributed by atoms with Gasteiger partial charge < -0.3 is 20.7 Å². The van der Waals surface area contributed by atoms with Crippen LogP contribution in [0.2, 0.25) is 0 Å². The van der Waals surface area contributed by atoms with E-state index in [4.69, 9.17) is 10.8 Å². The fourth-order valence-corrected chi connectivity index (χ4v) is 2.51. The Balaban J connectivity index is 1.62. The molecule has 2 aromatic heterocycles. The summed E-state index contributed by atoms with van der Waals surface area (Å²) in [5, 5.41) is 8.91. The summed E-state index contributed by atoms with van der Waals surface area (Å²) in [5.41, 5.74) is 6.93. The van der Waals surface area contributed by atoms with Gasteiger partial charge in [0, 0.05) is 19.5 Å². The van der Waals surface area contributed by atoms with E-state index in [1.54, 1.807) is 0 Å². The number of piperidine rings is 1. The van der Waals surface area contributed by atoms with Gasteiger partial charge in [0.1, 0.15) is 5.52 Å². The van der Waals surface area contributed by atoms with E-state index in [2.05, 4.69) is 31.8 Å². The minimum absolute atomic E-state index is 0.335. The average molecular weight is 300 g/mol. The van der Waals surface area contributed by atoms with Crippen LogP contribution in [0.5, 0.6) is 0 Å². The van der Waals surface area contributed by atoms with Crippen molar-refractivity contribution < 1.29 is 9.90 Å². The van der Waals surface area contributed by atoms with Gasteiger partial charge in [-0.3, -0.25) is 0 Å². The van der Waals surface area contributed by atoms with Crippen LogP contribution >= 0.6 is 0 Å². The van der Waals surface area contributed by atoms with Crippen LogP contribution in [0.15, 0.2) is 6.33 Å². The first kappa shape index (κ1) is 14.1. The van der Waals surface area contributed by atoms with Crippen molar-refractivity contribution in [2.24, 2.45) is 5.92 Å². The lowest BCUT2D eigenvalue weighted by Gasteiger charge is -2.28. The summed E-state index contributed by atoms with van der Waals surface area (Å²) in [6.07, 6.45) is 3.05. The van der Waals surface area contributed by atoms with Crippen LogP contribution in [0.4, 0.5) is 10.6 Å². The van der Waals surface area contributed by atoms with E-state index in [9.17, 15) is 4.79 Å². The number of likely N-dealkylation sites (tertiary alicyclic amines) is 1. The molecule has 3 rings (SSSR count). The minimum atomic E-state index is -0.847. The van der Waals surface area contributed by atoms with Crippen molar-refractivity contribution in [1.29, 1.82) is 0 Å². The first-order chi connectivity index (χ1) is 10.6. The summed E-state index contributed by atoms with van der Waals surface area (Å²) in [4.78, 5) is 27.6. The number of fused-ring (bicyclic) bond motifs is 1. The number of H-pyrrole nitrogens is 1. The number of rotatable bonds is 1. The second-order valence-corrected chi connectivity index (χ2v) is 5.25. The molecule has 114 valence electrons. The maximum atomic E-state index is 10.8. The third-order valence-corrected chi connectivity index (χ3v) is 3.79. The molecule has 4 N–H and O–H groups in total. The Morgan fingerprint density at radius 2 is 2.23 bits per heavy atom. The van der Waals surface area contributed by atoms with Gasteiger partial charge in [-0.25, -0.2) is 14.8 Å². The van der Waals surface area contributed by atoms with Crippen LogP contribution in [0, 0.1) is 17.8 Å². The highest BCUT2D eigenvalue weighted by molar-refractivity contribution is 5.81. The van der Waals surface area contributed by atoms with E-state index in [0.717, 1.165) is 12.8 Å². The molecular formula is C14H16N6O2. The maximum absolute atomic E-state index is 10.8. The van der Waals surface area contributed by atoms with Crippen molar-refractivity contribution in [1.82, 2.24) is 24.8 Å². The van der Waals surface area contributed by atoms with Gasteiger partial charge in [-0.1, -0.05) is 5.92 Å². The topological polar surface area (TPSA) is 121 Å². The molecule has 3 heterocycles. The summed E-state index contributed by atoms with van der Waals surface area (Å²) >= 11 is 0. The second-order valence-electron chi connectivity index (χ2n) is 5.25. The fourth-order valence-electron chi connectivity index (χ4n) is 2.51. The summed E-state index contributed by atoms with van der Waals surface area (Å²) in [5.74, 6) is 7.09. The maximum Gasteiger partial charge on any atom is 0.407 e. The molecule has 0 atom stereocenters. The zero-order valence-corrected chi connectivity index (χ0v) is 11.9. The second kappa shape index (κ2) is 5.89. The van der Waals surface area contributed by atoms with E-state index < -0.39 is 6.09 Å². The Morgan fingerprint density at radius 3 is 2.95 bits per heavy atom. The highest BCUT2D eigenvalue weighted by Crippen LogP contribution is 2.20. The number of imidazole rings is 1. The molecule has 0 bridgehead atoms. The van der Waals surface area contributed by atoms with Crippen molar-refractivity contribution in [3.63, 3.8) is 0 Å². The predicted octanol–water partition coefficient (Wildman–Crippen LogP) is 1.07. The fraction of sp³-hybridized carbons (Fsp3) is 0.429. The lowest BCUT2D eigenvalue weighted by atomic mass is 9.94. The normalized spacial score (nSPS) is 15.5. The highest BCUT2D eigenvalue weighted by Gasteiger charge is 2.21. The number of nitrogens with one attached hydrogen (secondary N) is 1. The molecule has 0 aromatic carbocycles. The SMILES string of the molecule is Nc1nc(C#CCC2CCN(C(=O)O)CC2)nc2nc[nH]c12. The number of amides is 1. The molecule has 0 radical (unpaired) electrons. The molecule has 1 aliphatic heterocycles. The molecule has 0 aliphatic carbocycles. The third kappa shape index (κ3) is 2.93. The number of anilines is 1. The summed E-state index contributed by atoms with van der Waals surface area (Å²) in [6.45, 7) is 1.15. The number of nitrogens with two attached hydrogens (primary N) is 1. The monoisotopic (exact) mass is 300 g/mol. The largest absolute Gasteiger partial charge is 0.465 e. The van der Waals surface area contributed by atoms with Crippen LogP contribution in [0.1, 0.15) is 25.1 Å². The van der Waals surface area contributed by atoms with E-state index in [-0.39, 0.29) is 0 Å². The van der Waals surface area contributed by atoms with Crippen molar-refractivity contribution in [2.45, 2.75) is 19.3 Å². The number of aromatic nitrogens is 4. The van der Waals surface area contributed by atoms with E-state index >= 15 is 0 Å². The van der Waals surface area contributed by atoms with E-state index in [1.165, 1.54) is 11.2 Å². The van der Waals surface area contributed by atoms with Crippen molar-refractivity contribution >= 4 is 23.1 Å². The number of hydrogen-bond donors (Lipinski definition) is 3. The molecular weight excluding hydrogens is 284 g/mol.